The van der Waals surface area contributed by atoms with Crippen LogP contribution in [0.25, 0.3) is 11.3 Å². The van der Waals surface area contributed by atoms with Crippen molar-refractivity contribution in [1.82, 2.24) is 20.0 Å². The molecule has 6 heteroatoms. The molecule has 2 aromatic heterocycles. The van der Waals surface area contributed by atoms with Gasteiger partial charge in [0.05, 0.1) is 6.04 Å². The summed E-state index contributed by atoms with van der Waals surface area (Å²) >= 11 is 0. The van der Waals surface area contributed by atoms with Gasteiger partial charge < -0.3 is 20.1 Å². The standard InChI is InChI=1S/C25H29N5O/c1-2-25-27-11-12-30(25)23(16-26)22-15-24(31-29-22)19-7-5-17(6-8-19)3-4-18-13-21(14-18)28-20-9-10-20/h5-8,11-12,15,18,20-21,23,28H,2,9-10,13-14,16,26H2,1H3/t18?,21?,23-/m1/s1. The van der Waals surface area contributed by atoms with Gasteiger partial charge in [-0.3, -0.25) is 0 Å². The van der Waals surface area contributed by atoms with Crippen LogP contribution in [0.1, 0.15) is 55.7 Å². The fraction of sp³-hybridized carbons (Fsp3) is 0.440. The second-order valence-corrected chi connectivity index (χ2v) is 8.62. The molecule has 6 nitrogen and oxygen atoms in total. The van der Waals surface area contributed by atoms with E-state index in [9.17, 15) is 0 Å². The van der Waals surface area contributed by atoms with Crippen LogP contribution >= 0.6 is 0 Å². The van der Waals surface area contributed by atoms with Crippen LogP contribution in [0.15, 0.2) is 47.2 Å². The van der Waals surface area contributed by atoms with Crippen LogP contribution in [-0.2, 0) is 6.42 Å². The molecule has 0 radical (unpaired) electrons. The van der Waals surface area contributed by atoms with Crippen LogP contribution in [0.2, 0.25) is 0 Å². The molecule has 1 aromatic carbocycles. The number of nitrogens with one attached hydrogen (secondary N) is 1. The maximum atomic E-state index is 6.05. The molecule has 1 atom stereocenters. The van der Waals surface area contributed by atoms with Gasteiger partial charge in [-0.25, -0.2) is 4.98 Å². The third-order valence-electron chi connectivity index (χ3n) is 6.27. The number of rotatable bonds is 7. The fourth-order valence-corrected chi connectivity index (χ4v) is 4.22. The highest BCUT2D eigenvalue weighted by atomic mass is 16.5. The summed E-state index contributed by atoms with van der Waals surface area (Å²) in [4.78, 5) is 4.40. The van der Waals surface area contributed by atoms with Gasteiger partial charge in [0, 0.05) is 60.6 Å². The van der Waals surface area contributed by atoms with Crippen LogP contribution in [0.4, 0.5) is 0 Å². The molecule has 0 saturated heterocycles. The number of nitrogens with two attached hydrogens (primary N) is 1. The summed E-state index contributed by atoms with van der Waals surface area (Å²) in [6.07, 6.45) is 9.66. The molecule has 160 valence electrons. The Hall–Kier alpha value is -2.88. The fourth-order valence-electron chi connectivity index (χ4n) is 4.22. The topological polar surface area (TPSA) is 81.9 Å². The van der Waals surface area contributed by atoms with Gasteiger partial charge in [0.15, 0.2) is 5.76 Å². The van der Waals surface area contributed by atoms with E-state index in [-0.39, 0.29) is 6.04 Å². The summed E-state index contributed by atoms with van der Waals surface area (Å²) in [6, 6.07) is 11.5. The molecule has 2 aliphatic carbocycles. The number of aryl methyl sites for hydroxylation is 1. The van der Waals surface area contributed by atoms with Crippen molar-refractivity contribution in [3.05, 3.63) is 59.8 Å². The number of nitrogens with zero attached hydrogens (tertiary/aromatic N) is 3. The average molecular weight is 416 g/mol. The minimum atomic E-state index is -0.0826. The van der Waals surface area contributed by atoms with E-state index < -0.39 is 0 Å². The number of benzene rings is 1. The van der Waals surface area contributed by atoms with Crippen molar-refractivity contribution in [1.29, 1.82) is 0 Å². The summed E-state index contributed by atoms with van der Waals surface area (Å²) in [6.45, 7) is 2.52. The molecule has 0 spiro atoms. The Labute approximate surface area is 183 Å². The van der Waals surface area contributed by atoms with Gasteiger partial charge in [0.1, 0.15) is 11.5 Å². The third kappa shape index (κ3) is 4.43. The first-order valence-corrected chi connectivity index (χ1v) is 11.3. The Bertz CT molecular complexity index is 1080. The molecule has 5 rings (SSSR count). The first-order chi connectivity index (χ1) is 15.2. The molecular formula is C25H29N5O. The monoisotopic (exact) mass is 415 g/mol. The lowest BCUT2D eigenvalue weighted by molar-refractivity contribution is 0.275. The number of aromatic nitrogens is 3. The van der Waals surface area contributed by atoms with E-state index in [0.29, 0.717) is 18.5 Å². The minimum Gasteiger partial charge on any atom is -0.356 e. The van der Waals surface area contributed by atoms with E-state index in [4.69, 9.17) is 10.3 Å². The smallest absolute Gasteiger partial charge is 0.167 e. The Morgan fingerprint density at radius 2 is 2.03 bits per heavy atom. The molecule has 2 fully saturated rings. The first kappa shape index (κ1) is 20.0. The average Bonchev–Trinajstić information content (AvgIpc) is 3.25. The first-order valence-electron chi connectivity index (χ1n) is 11.3. The molecule has 31 heavy (non-hydrogen) atoms. The van der Waals surface area contributed by atoms with E-state index in [1.54, 1.807) is 6.20 Å². The van der Waals surface area contributed by atoms with E-state index in [2.05, 4.69) is 50.9 Å². The van der Waals surface area contributed by atoms with Gasteiger partial charge in [0.25, 0.3) is 0 Å². The van der Waals surface area contributed by atoms with E-state index in [1.807, 2.05) is 24.4 Å². The third-order valence-corrected chi connectivity index (χ3v) is 6.27. The van der Waals surface area contributed by atoms with E-state index in [0.717, 1.165) is 40.9 Å². The van der Waals surface area contributed by atoms with E-state index >= 15 is 0 Å². The molecule has 0 aliphatic heterocycles. The van der Waals surface area contributed by atoms with Crippen LogP contribution in [-0.4, -0.2) is 33.3 Å². The minimum absolute atomic E-state index is 0.0826. The van der Waals surface area contributed by atoms with Gasteiger partial charge in [-0.05, 0) is 49.9 Å². The second-order valence-electron chi connectivity index (χ2n) is 8.62. The van der Waals surface area contributed by atoms with Crippen LogP contribution in [0, 0.1) is 17.8 Å². The SMILES string of the molecule is CCc1nccn1[C@H](CN)c1cc(-c2ccc(C#CC3CC(NC4CC4)C3)cc2)on1. The van der Waals surface area contributed by atoms with Crippen molar-refractivity contribution in [2.45, 2.75) is 57.2 Å². The zero-order valence-electron chi connectivity index (χ0n) is 17.9. The van der Waals surface area contributed by atoms with E-state index in [1.165, 1.54) is 25.7 Å². The van der Waals surface area contributed by atoms with Gasteiger partial charge in [-0.15, -0.1) is 0 Å². The van der Waals surface area contributed by atoms with Gasteiger partial charge in [-0.2, -0.15) is 0 Å². The molecule has 0 amide bonds. The Morgan fingerprint density at radius 3 is 2.74 bits per heavy atom. The largest absolute Gasteiger partial charge is 0.356 e. The van der Waals surface area contributed by atoms with Gasteiger partial charge >= 0.3 is 0 Å². The molecule has 0 unspecified atom stereocenters. The van der Waals surface area contributed by atoms with Gasteiger partial charge in [-0.1, -0.05) is 23.9 Å². The number of imidazole rings is 1. The molecule has 3 N–H and O–H groups in total. The summed E-state index contributed by atoms with van der Waals surface area (Å²) in [5.74, 6) is 9.00. The Balaban J connectivity index is 1.23. The Kier molecular flexibility index (Phi) is 5.63. The Morgan fingerprint density at radius 1 is 1.23 bits per heavy atom. The predicted molar refractivity (Wildman–Crippen MR) is 120 cm³/mol. The predicted octanol–water partition coefficient (Wildman–Crippen LogP) is 3.53. The molecular weight excluding hydrogens is 386 g/mol. The van der Waals surface area contributed by atoms with Crippen molar-refractivity contribution in [2.75, 3.05) is 6.54 Å². The maximum Gasteiger partial charge on any atom is 0.167 e. The lowest BCUT2D eigenvalue weighted by Crippen LogP contribution is -2.41. The van der Waals surface area contributed by atoms with Crippen molar-refractivity contribution in [3.8, 4) is 23.2 Å². The molecule has 2 heterocycles. The lowest BCUT2D eigenvalue weighted by Gasteiger charge is -2.32. The highest BCUT2D eigenvalue weighted by molar-refractivity contribution is 5.59. The highest BCUT2D eigenvalue weighted by Gasteiger charge is 2.32. The normalized spacial score (nSPS) is 21.2. The quantitative estimate of drug-likeness (QED) is 0.577. The number of hydrogen-bond acceptors (Lipinski definition) is 5. The second kappa shape index (κ2) is 8.70. The van der Waals surface area contributed by atoms with Crippen molar-refractivity contribution in [2.24, 2.45) is 11.7 Å². The summed E-state index contributed by atoms with van der Waals surface area (Å²) < 4.78 is 7.71. The zero-order chi connectivity index (χ0) is 21.2. The summed E-state index contributed by atoms with van der Waals surface area (Å²) in [5.41, 5.74) is 8.88. The zero-order valence-corrected chi connectivity index (χ0v) is 17.9. The van der Waals surface area contributed by atoms with Crippen molar-refractivity contribution >= 4 is 0 Å². The lowest BCUT2D eigenvalue weighted by atomic mass is 9.80. The summed E-state index contributed by atoms with van der Waals surface area (Å²) in [5, 5.41) is 7.97. The van der Waals surface area contributed by atoms with Crippen molar-refractivity contribution in [3.63, 3.8) is 0 Å². The number of hydrogen-bond donors (Lipinski definition) is 2. The van der Waals surface area contributed by atoms with Crippen LogP contribution < -0.4 is 11.1 Å². The van der Waals surface area contributed by atoms with Crippen molar-refractivity contribution < 1.29 is 4.52 Å². The molecule has 2 aliphatic rings. The van der Waals surface area contributed by atoms with Gasteiger partial charge in [0.2, 0.25) is 0 Å². The van der Waals surface area contributed by atoms with Crippen LogP contribution in [0.3, 0.4) is 0 Å². The molecule has 2 saturated carbocycles. The molecule has 0 bridgehead atoms. The highest BCUT2D eigenvalue weighted by Crippen LogP contribution is 2.31. The maximum absolute atomic E-state index is 6.05. The molecule has 3 aromatic rings. The summed E-state index contributed by atoms with van der Waals surface area (Å²) in [7, 11) is 0. The van der Waals surface area contributed by atoms with Crippen LogP contribution in [0.5, 0.6) is 0 Å².